The fourth-order valence-corrected chi connectivity index (χ4v) is 4.16. The molecular formula is C14H26. The second kappa shape index (κ2) is 3.87. The van der Waals surface area contributed by atoms with E-state index in [0.717, 1.165) is 35.5 Å². The van der Waals surface area contributed by atoms with Crippen molar-refractivity contribution in [3.05, 3.63) is 0 Å². The van der Waals surface area contributed by atoms with Crippen LogP contribution in [0, 0.1) is 35.5 Å². The first-order valence-corrected chi connectivity index (χ1v) is 6.59. The van der Waals surface area contributed by atoms with Crippen LogP contribution in [0.25, 0.3) is 0 Å². The standard InChI is InChI=1S/C14H26/c1-9-5-6-13-11(3)8-10(2)12(4)14(13)7-9/h9-14H,5-8H2,1-4H3. The lowest BCUT2D eigenvalue weighted by atomic mass is 9.57. The molecule has 6 atom stereocenters. The molecule has 82 valence electrons. The number of hydrogen-bond acceptors (Lipinski definition) is 0. The summed E-state index contributed by atoms with van der Waals surface area (Å²) in [5.74, 6) is 6.07. The Labute approximate surface area is 89.5 Å². The van der Waals surface area contributed by atoms with Crippen molar-refractivity contribution in [3.8, 4) is 0 Å². The summed E-state index contributed by atoms with van der Waals surface area (Å²) in [6.07, 6.45) is 6.01. The predicted molar refractivity (Wildman–Crippen MR) is 62.1 cm³/mol. The molecule has 0 N–H and O–H groups in total. The van der Waals surface area contributed by atoms with Crippen LogP contribution in [0.3, 0.4) is 0 Å². The van der Waals surface area contributed by atoms with E-state index in [9.17, 15) is 0 Å². The van der Waals surface area contributed by atoms with Gasteiger partial charge < -0.3 is 0 Å². The maximum Gasteiger partial charge on any atom is -0.0352 e. The molecule has 6 unspecified atom stereocenters. The minimum atomic E-state index is 0.969. The lowest BCUT2D eigenvalue weighted by Crippen LogP contribution is -2.40. The summed E-state index contributed by atoms with van der Waals surface area (Å²) in [5, 5.41) is 0. The summed E-state index contributed by atoms with van der Waals surface area (Å²) in [7, 11) is 0. The smallest absolute Gasteiger partial charge is 0.0352 e. The van der Waals surface area contributed by atoms with E-state index >= 15 is 0 Å². The van der Waals surface area contributed by atoms with Crippen LogP contribution in [-0.2, 0) is 0 Å². The van der Waals surface area contributed by atoms with E-state index < -0.39 is 0 Å². The van der Waals surface area contributed by atoms with Crippen molar-refractivity contribution < 1.29 is 0 Å². The van der Waals surface area contributed by atoms with E-state index in [-0.39, 0.29) is 0 Å². The summed E-state index contributed by atoms with van der Waals surface area (Å²) in [6.45, 7) is 9.92. The number of fused-ring (bicyclic) bond motifs is 1. The first kappa shape index (κ1) is 10.5. The monoisotopic (exact) mass is 194 g/mol. The number of hydrogen-bond donors (Lipinski definition) is 0. The van der Waals surface area contributed by atoms with E-state index in [0.29, 0.717) is 0 Å². The van der Waals surface area contributed by atoms with Crippen molar-refractivity contribution >= 4 is 0 Å². The summed E-state index contributed by atoms with van der Waals surface area (Å²) >= 11 is 0. The highest BCUT2D eigenvalue weighted by molar-refractivity contribution is 4.90. The lowest BCUT2D eigenvalue weighted by molar-refractivity contribution is 0.0131. The predicted octanol–water partition coefficient (Wildman–Crippen LogP) is 4.35. The SMILES string of the molecule is CC1CCC2C(C)CC(C)C(C)C2C1. The largest absolute Gasteiger partial charge is 0.0625 e. The zero-order chi connectivity index (χ0) is 10.3. The summed E-state index contributed by atoms with van der Waals surface area (Å²) < 4.78 is 0. The van der Waals surface area contributed by atoms with Crippen LogP contribution >= 0.6 is 0 Å². The minimum absolute atomic E-state index is 0.969. The molecule has 0 heteroatoms. The lowest BCUT2D eigenvalue weighted by Gasteiger charge is -2.48. The van der Waals surface area contributed by atoms with Crippen molar-refractivity contribution in [3.63, 3.8) is 0 Å². The maximum absolute atomic E-state index is 2.51. The van der Waals surface area contributed by atoms with E-state index in [1.54, 1.807) is 0 Å². The third-order valence-corrected chi connectivity index (χ3v) is 5.26. The van der Waals surface area contributed by atoms with Crippen molar-refractivity contribution in [1.82, 2.24) is 0 Å². The molecule has 0 aromatic rings. The quantitative estimate of drug-likeness (QED) is 0.538. The van der Waals surface area contributed by atoms with Crippen LogP contribution in [0.1, 0.15) is 53.4 Å². The van der Waals surface area contributed by atoms with Gasteiger partial charge in [0, 0.05) is 0 Å². The Hall–Kier alpha value is 0. The third-order valence-electron chi connectivity index (χ3n) is 5.26. The topological polar surface area (TPSA) is 0 Å². The highest BCUT2D eigenvalue weighted by Gasteiger charge is 2.41. The second-order valence-corrected chi connectivity index (χ2v) is 6.30. The van der Waals surface area contributed by atoms with Gasteiger partial charge in [0.15, 0.2) is 0 Å². The van der Waals surface area contributed by atoms with E-state index in [1.165, 1.54) is 25.7 Å². The van der Waals surface area contributed by atoms with Gasteiger partial charge in [-0.1, -0.05) is 34.1 Å². The van der Waals surface area contributed by atoms with Gasteiger partial charge in [0.1, 0.15) is 0 Å². The Balaban J connectivity index is 2.11. The third kappa shape index (κ3) is 1.73. The Morgan fingerprint density at radius 3 is 2.14 bits per heavy atom. The van der Waals surface area contributed by atoms with E-state index in [2.05, 4.69) is 27.7 Å². The van der Waals surface area contributed by atoms with Gasteiger partial charge in [-0.15, -0.1) is 0 Å². The molecule has 0 aromatic heterocycles. The van der Waals surface area contributed by atoms with E-state index in [4.69, 9.17) is 0 Å². The van der Waals surface area contributed by atoms with Crippen molar-refractivity contribution in [1.29, 1.82) is 0 Å². The fraction of sp³-hybridized carbons (Fsp3) is 1.00. The molecule has 0 spiro atoms. The highest BCUT2D eigenvalue weighted by atomic mass is 14.5. The zero-order valence-electron chi connectivity index (χ0n) is 10.3. The number of rotatable bonds is 0. The summed E-state index contributed by atoms with van der Waals surface area (Å²) in [6, 6.07) is 0. The molecule has 0 aromatic carbocycles. The van der Waals surface area contributed by atoms with Gasteiger partial charge in [-0.2, -0.15) is 0 Å². The average molecular weight is 194 g/mol. The molecule has 2 fully saturated rings. The van der Waals surface area contributed by atoms with Gasteiger partial charge in [-0.25, -0.2) is 0 Å². The molecule has 2 aliphatic rings. The van der Waals surface area contributed by atoms with Gasteiger partial charge >= 0.3 is 0 Å². The molecule has 0 aliphatic heterocycles. The van der Waals surface area contributed by atoms with Crippen LogP contribution < -0.4 is 0 Å². The molecule has 0 saturated heterocycles. The summed E-state index contributed by atoms with van der Waals surface area (Å²) in [5.41, 5.74) is 0. The van der Waals surface area contributed by atoms with Gasteiger partial charge in [-0.3, -0.25) is 0 Å². The van der Waals surface area contributed by atoms with Crippen LogP contribution in [-0.4, -0.2) is 0 Å². The zero-order valence-corrected chi connectivity index (χ0v) is 10.3. The molecule has 14 heavy (non-hydrogen) atoms. The Morgan fingerprint density at radius 2 is 1.43 bits per heavy atom. The normalized spacial score (nSPS) is 54.0. The minimum Gasteiger partial charge on any atom is -0.0625 e. The maximum atomic E-state index is 2.51. The molecule has 0 heterocycles. The molecule has 2 rings (SSSR count). The van der Waals surface area contributed by atoms with Gasteiger partial charge in [0.05, 0.1) is 0 Å². The molecule has 0 radical (unpaired) electrons. The first-order chi connectivity index (χ1) is 6.59. The van der Waals surface area contributed by atoms with E-state index in [1.807, 2.05) is 0 Å². The summed E-state index contributed by atoms with van der Waals surface area (Å²) in [4.78, 5) is 0. The van der Waals surface area contributed by atoms with Crippen LogP contribution in [0.4, 0.5) is 0 Å². The van der Waals surface area contributed by atoms with Gasteiger partial charge in [0.25, 0.3) is 0 Å². The molecule has 0 nitrogen and oxygen atoms in total. The van der Waals surface area contributed by atoms with Gasteiger partial charge in [-0.05, 0) is 54.8 Å². The Kier molecular flexibility index (Phi) is 2.91. The van der Waals surface area contributed by atoms with Crippen LogP contribution in [0.5, 0.6) is 0 Å². The second-order valence-electron chi connectivity index (χ2n) is 6.30. The Morgan fingerprint density at radius 1 is 0.714 bits per heavy atom. The molecular weight excluding hydrogens is 168 g/mol. The average Bonchev–Trinajstić information content (AvgIpc) is 2.14. The van der Waals surface area contributed by atoms with Crippen LogP contribution in [0.2, 0.25) is 0 Å². The van der Waals surface area contributed by atoms with Crippen molar-refractivity contribution in [2.24, 2.45) is 35.5 Å². The highest BCUT2D eigenvalue weighted by Crippen LogP contribution is 2.49. The molecule has 0 bridgehead atoms. The van der Waals surface area contributed by atoms with Crippen molar-refractivity contribution in [2.45, 2.75) is 53.4 Å². The Bertz CT molecular complexity index is 196. The van der Waals surface area contributed by atoms with Gasteiger partial charge in [0.2, 0.25) is 0 Å². The molecule has 0 amide bonds. The molecule has 2 aliphatic carbocycles. The molecule has 2 saturated carbocycles. The fourth-order valence-electron chi connectivity index (χ4n) is 4.16. The van der Waals surface area contributed by atoms with Crippen molar-refractivity contribution in [2.75, 3.05) is 0 Å². The first-order valence-electron chi connectivity index (χ1n) is 6.59. The van der Waals surface area contributed by atoms with Crippen LogP contribution in [0.15, 0.2) is 0 Å².